The van der Waals surface area contributed by atoms with Crippen LogP contribution in [0, 0.1) is 16.0 Å². The number of halogens is 1. The molecule has 0 radical (unpaired) electrons. The van der Waals surface area contributed by atoms with Crippen LogP contribution in [0.1, 0.15) is 23.2 Å². The number of carbonyl (C=O) groups is 1. The molecule has 9 heteroatoms. The molecule has 1 aromatic heterocycles. The van der Waals surface area contributed by atoms with Crippen molar-refractivity contribution in [2.24, 2.45) is 5.92 Å². The van der Waals surface area contributed by atoms with Crippen molar-refractivity contribution >= 4 is 49.9 Å². The van der Waals surface area contributed by atoms with Gasteiger partial charge >= 0.3 is 0 Å². The average Bonchev–Trinajstić information content (AvgIpc) is 3.16. The SMILES string of the molecule is O=C(NCC1CCN(c2nc3ccccc3s2)CC1)c1cc(Cl)ccc1[N+](=O)[O-]. The number of hydrogen-bond acceptors (Lipinski definition) is 6. The van der Waals surface area contributed by atoms with Crippen LogP contribution in [0.3, 0.4) is 0 Å². The molecule has 3 aromatic rings. The van der Waals surface area contributed by atoms with E-state index in [1.807, 2.05) is 18.2 Å². The summed E-state index contributed by atoms with van der Waals surface area (Å²) in [6.07, 6.45) is 1.85. The van der Waals surface area contributed by atoms with Crippen molar-refractivity contribution < 1.29 is 9.72 Å². The van der Waals surface area contributed by atoms with Gasteiger partial charge in [0.2, 0.25) is 0 Å². The molecule has 2 aromatic carbocycles. The number of fused-ring (bicyclic) bond motifs is 1. The van der Waals surface area contributed by atoms with Crippen LogP contribution in [0.5, 0.6) is 0 Å². The zero-order valence-corrected chi connectivity index (χ0v) is 17.1. The van der Waals surface area contributed by atoms with Crippen molar-refractivity contribution in [3.63, 3.8) is 0 Å². The molecule has 1 amide bonds. The van der Waals surface area contributed by atoms with E-state index in [4.69, 9.17) is 16.6 Å². The number of nitrogens with one attached hydrogen (secondary N) is 1. The van der Waals surface area contributed by atoms with Gasteiger partial charge in [-0.15, -0.1) is 0 Å². The molecule has 0 spiro atoms. The van der Waals surface area contributed by atoms with Crippen molar-refractivity contribution in [3.05, 3.63) is 63.2 Å². The van der Waals surface area contributed by atoms with Crippen molar-refractivity contribution in [3.8, 4) is 0 Å². The maximum absolute atomic E-state index is 12.5. The number of anilines is 1. The maximum Gasteiger partial charge on any atom is 0.282 e. The lowest BCUT2D eigenvalue weighted by molar-refractivity contribution is -0.385. The molecule has 150 valence electrons. The average molecular weight is 431 g/mol. The van der Waals surface area contributed by atoms with Gasteiger partial charge in [-0.1, -0.05) is 35.1 Å². The number of carbonyl (C=O) groups excluding carboxylic acids is 1. The first-order chi connectivity index (χ1) is 14.0. The molecule has 0 unspecified atom stereocenters. The number of benzene rings is 2. The number of nitro groups is 1. The number of amides is 1. The Morgan fingerprint density at radius 3 is 2.76 bits per heavy atom. The van der Waals surface area contributed by atoms with E-state index < -0.39 is 10.8 Å². The van der Waals surface area contributed by atoms with Crippen LogP contribution in [-0.2, 0) is 0 Å². The van der Waals surface area contributed by atoms with Gasteiger partial charge in [-0.25, -0.2) is 4.98 Å². The van der Waals surface area contributed by atoms with Gasteiger partial charge in [0.1, 0.15) is 5.56 Å². The summed E-state index contributed by atoms with van der Waals surface area (Å²) in [5.74, 6) is -0.143. The number of nitro benzene ring substituents is 1. The van der Waals surface area contributed by atoms with Crippen LogP contribution >= 0.6 is 22.9 Å². The zero-order chi connectivity index (χ0) is 20.4. The Kier molecular flexibility index (Phi) is 5.64. The predicted octanol–water partition coefficient (Wildman–Crippen LogP) is 4.50. The summed E-state index contributed by atoms with van der Waals surface area (Å²) in [5, 5.41) is 15.3. The first-order valence-electron chi connectivity index (χ1n) is 9.34. The molecule has 0 aliphatic carbocycles. The lowest BCUT2D eigenvalue weighted by Gasteiger charge is -2.31. The zero-order valence-electron chi connectivity index (χ0n) is 15.5. The van der Waals surface area contributed by atoms with Crippen LogP contribution in [0.15, 0.2) is 42.5 Å². The van der Waals surface area contributed by atoms with Gasteiger partial charge in [0.15, 0.2) is 5.13 Å². The van der Waals surface area contributed by atoms with Crippen LogP contribution in [0.25, 0.3) is 10.2 Å². The van der Waals surface area contributed by atoms with Crippen LogP contribution in [0.4, 0.5) is 10.8 Å². The Morgan fingerprint density at radius 2 is 2.03 bits per heavy atom. The van der Waals surface area contributed by atoms with Gasteiger partial charge < -0.3 is 10.2 Å². The highest BCUT2D eigenvalue weighted by atomic mass is 35.5. The third-order valence-corrected chi connectivity index (χ3v) is 6.45. The Balaban J connectivity index is 1.34. The Bertz CT molecular complexity index is 1030. The molecule has 1 fully saturated rings. The molecule has 1 saturated heterocycles. The number of aromatic nitrogens is 1. The molecule has 4 rings (SSSR count). The van der Waals surface area contributed by atoms with E-state index in [-0.39, 0.29) is 11.3 Å². The predicted molar refractivity (Wildman–Crippen MR) is 115 cm³/mol. The Labute approximate surface area is 176 Å². The van der Waals surface area contributed by atoms with Gasteiger partial charge in [-0.3, -0.25) is 14.9 Å². The molecule has 2 heterocycles. The van der Waals surface area contributed by atoms with Gasteiger partial charge in [0, 0.05) is 30.7 Å². The summed E-state index contributed by atoms with van der Waals surface area (Å²) < 4.78 is 1.18. The first-order valence-corrected chi connectivity index (χ1v) is 10.5. The highest BCUT2D eigenvalue weighted by Gasteiger charge is 2.24. The van der Waals surface area contributed by atoms with Crippen LogP contribution in [-0.4, -0.2) is 35.4 Å². The third-order valence-electron chi connectivity index (χ3n) is 5.12. The smallest absolute Gasteiger partial charge is 0.282 e. The summed E-state index contributed by atoms with van der Waals surface area (Å²) in [4.78, 5) is 30.0. The molecule has 1 N–H and O–H groups in total. The second-order valence-electron chi connectivity index (χ2n) is 7.02. The van der Waals surface area contributed by atoms with E-state index in [1.165, 1.54) is 22.9 Å². The molecule has 0 bridgehead atoms. The minimum absolute atomic E-state index is 0.00517. The summed E-state index contributed by atoms with van der Waals surface area (Å²) >= 11 is 7.60. The quantitative estimate of drug-likeness (QED) is 0.475. The molecule has 7 nitrogen and oxygen atoms in total. The number of para-hydroxylation sites is 1. The number of hydrogen-bond donors (Lipinski definition) is 1. The summed E-state index contributed by atoms with van der Waals surface area (Å²) in [7, 11) is 0. The Morgan fingerprint density at radius 1 is 1.28 bits per heavy atom. The molecule has 1 aliphatic heterocycles. The molecule has 1 aliphatic rings. The minimum Gasteiger partial charge on any atom is -0.352 e. The summed E-state index contributed by atoms with van der Waals surface area (Å²) in [6, 6.07) is 12.1. The van der Waals surface area contributed by atoms with E-state index in [0.29, 0.717) is 17.5 Å². The van der Waals surface area contributed by atoms with Crippen molar-refractivity contribution in [2.75, 3.05) is 24.5 Å². The van der Waals surface area contributed by atoms with E-state index >= 15 is 0 Å². The number of thiazole rings is 1. The van der Waals surface area contributed by atoms with Gasteiger partial charge in [0.05, 0.1) is 15.1 Å². The van der Waals surface area contributed by atoms with E-state index in [2.05, 4.69) is 16.3 Å². The second-order valence-corrected chi connectivity index (χ2v) is 8.47. The molecular formula is C20H19ClN4O3S. The highest BCUT2D eigenvalue weighted by Crippen LogP contribution is 2.31. The summed E-state index contributed by atoms with van der Waals surface area (Å²) in [6.45, 7) is 2.23. The van der Waals surface area contributed by atoms with Crippen molar-refractivity contribution in [2.45, 2.75) is 12.8 Å². The lowest BCUT2D eigenvalue weighted by Crippen LogP contribution is -2.38. The number of nitrogens with zero attached hydrogens (tertiary/aromatic N) is 3. The summed E-state index contributed by atoms with van der Waals surface area (Å²) in [5.41, 5.74) is 0.775. The molecule has 0 saturated carbocycles. The number of rotatable bonds is 5. The van der Waals surface area contributed by atoms with Gasteiger partial charge in [-0.05, 0) is 43.0 Å². The number of piperidine rings is 1. The van der Waals surface area contributed by atoms with Crippen molar-refractivity contribution in [1.29, 1.82) is 0 Å². The third kappa shape index (κ3) is 4.33. The molecule has 0 atom stereocenters. The topological polar surface area (TPSA) is 88.4 Å². The highest BCUT2D eigenvalue weighted by molar-refractivity contribution is 7.22. The second kappa shape index (κ2) is 8.34. The van der Waals surface area contributed by atoms with E-state index in [0.717, 1.165) is 36.6 Å². The maximum atomic E-state index is 12.5. The molecular weight excluding hydrogens is 412 g/mol. The fourth-order valence-electron chi connectivity index (χ4n) is 3.51. The largest absolute Gasteiger partial charge is 0.352 e. The monoisotopic (exact) mass is 430 g/mol. The van der Waals surface area contributed by atoms with Crippen molar-refractivity contribution in [1.82, 2.24) is 10.3 Å². The van der Waals surface area contributed by atoms with Crippen LogP contribution < -0.4 is 10.2 Å². The standard InChI is InChI=1S/C20H19ClN4O3S/c21-14-5-6-17(25(27)28)15(11-14)19(26)22-12-13-7-9-24(10-8-13)20-23-16-3-1-2-4-18(16)29-20/h1-6,11,13H,7-10,12H2,(H,22,26). The fraction of sp³-hybridized carbons (Fsp3) is 0.300. The van der Waals surface area contributed by atoms with E-state index in [9.17, 15) is 14.9 Å². The van der Waals surface area contributed by atoms with Gasteiger partial charge in [-0.2, -0.15) is 0 Å². The normalized spacial score (nSPS) is 14.9. The van der Waals surface area contributed by atoms with E-state index in [1.54, 1.807) is 11.3 Å². The Hall–Kier alpha value is -2.71. The minimum atomic E-state index is -0.568. The van der Waals surface area contributed by atoms with Gasteiger partial charge in [0.25, 0.3) is 11.6 Å². The molecule has 29 heavy (non-hydrogen) atoms. The fourth-order valence-corrected chi connectivity index (χ4v) is 4.69. The first kappa shape index (κ1) is 19.6. The van der Waals surface area contributed by atoms with Crippen LogP contribution in [0.2, 0.25) is 5.02 Å². The lowest BCUT2D eigenvalue weighted by atomic mass is 9.97.